The first-order valence-corrected chi connectivity index (χ1v) is 9.73. The summed E-state index contributed by atoms with van der Waals surface area (Å²) in [5.41, 5.74) is 0.597. The Labute approximate surface area is 158 Å². The number of hydrogen-bond donors (Lipinski definition) is 3. The number of carbonyl (C=O) groups is 2. The number of ether oxygens (including phenoxy) is 1. The van der Waals surface area contributed by atoms with Gasteiger partial charge in [-0.3, -0.25) is 14.6 Å². The zero-order chi connectivity index (χ0) is 18.9. The van der Waals surface area contributed by atoms with Gasteiger partial charge in [0, 0.05) is 6.42 Å². The number of carbonyl (C=O) groups excluding carboxylic acids is 2. The van der Waals surface area contributed by atoms with Gasteiger partial charge in [-0.25, -0.2) is 0 Å². The fraction of sp³-hybridized carbons (Fsp3) is 0.500. The summed E-state index contributed by atoms with van der Waals surface area (Å²) in [5, 5.41) is 5.72. The Bertz CT molecular complexity index is 662. The molecule has 2 amide bonds. The van der Waals surface area contributed by atoms with Gasteiger partial charge in [0.15, 0.2) is 5.17 Å². The van der Waals surface area contributed by atoms with Crippen LogP contribution in [0.1, 0.15) is 20.3 Å². The van der Waals surface area contributed by atoms with Crippen LogP contribution in [0, 0.1) is 0 Å². The molecule has 26 heavy (non-hydrogen) atoms. The molecule has 142 valence electrons. The Balaban J connectivity index is 1.86. The van der Waals surface area contributed by atoms with Gasteiger partial charge in [-0.05, 0) is 26.0 Å². The Kier molecular flexibility index (Phi) is 7.93. The smallest absolute Gasteiger partial charge is 0.240 e. The van der Waals surface area contributed by atoms with E-state index in [1.165, 1.54) is 16.7 Å². The van der Waals surface area contributed by atoms with Crippen LogP contribution < -0.4 is 20.3 Å². The highest BCUT2D eigenvalue weighted by Crippen LogP contribution is 2.26. The molecule has 1 heterocycles. The lowest BCUT2D eigenvalue weighted by Crippen LogP contribution is -3.11. The van der Waals surface area contributed by atoms with Crippen LogP contribution in [-0.4, -0.2) is 55.5 Å². The monoisotopic (exact) mass is 379 g/mol. The summed E-state index contributed by atoms with van der Waals surface area (Å²) in [5.74, 6) is 0.195. The maximum absolute atomic E-state index is 12.3. The minimum atomic E-state index is -0.454. The number of benzene rings is 1. The lowest BCUT2D eigenvalue weighted by Gasteiger charge is -2.13. The Morgan fingerprint density at radius 3 is 2.77 bits per heavy atom. The second-order valence-corrected chi connectivity index (χ2v) is 7.13. The van der Waals surface area contributed by atoms with Crippen molar-refractivity contribution in [1.82, 2.24) is 5.32 Å². The number of hydrogen-bond acceptors (Lipinski definition) is 5. The summed E-state index contributed by atoms with van der Waals surface area (Å²) in [6.07, 6.45) is 0.0921. The van der Waals surface area contributed by atoms with Gasteiger partial charge < -0.3 is 20.3 Å². The van der Waals surface area contributed by atoms with Gasteiger partial charge in [-0.15, -0.1) is 0 Å². The third-order valence-electron chi connectivity index (χ3n) is 4.25. The second-order valence-electron chi connectivity index (χ2n) is 5.94. The van der Waals surface area contributed by atoms with Crippen molar-refractivity contribution in [2.24, 2.45) is 4.99 Å². The fourth-order valence-electron chi connectivity index (χ4n) is 2.65. The van der Waals surface area contributed by atoms with Gasteiger partial charge >= 0.3 is 0 Å². The number of anilines is 1. The third kappa shape index (κ3) is 5.74. The largest absolute Gasteiger partial charge is 0.495 e. The number of methoxy groups -OCH3 is 1. The lowest BCUT2D eigenvalue weighted by atomic mass is 10.2. The first kappa shape index (κ1) is 20.3. The first-order valence-electron chi connectivity index (χ1n) is 8.85. The molecule has 0 aliphatic carbocycles. The van der Waals surface area contributed by atoms with E-state index in [2.05, 4.69) is 29.5 Å². The van der Waals surface area contributed by atoms with E-state index in [0.29, 0.717) is 23.1 Å². The molecule has 1 atom stereocenters. The highest BCUT2D eigenvalue weighted by atomic mass is 32.2. The number of para-hydroxylation sites is 2. The molecule has 0 radical (unpaired) electrons. The third-order valence-corrected chi connectivity index (χ3v) is 5.37. The number of thioether (sulfide) groups is 1. The SMILES string of the molecule is CC[NH+](CC)CCN=C1NC(=O)[C@@H](CC(=O)Nc2ccccc2OC)S1. The Hall–Kier alpha value is -2.06. The number of aliphatic imine (C=N–C) groups is 1. The quantitative estimate of drug-likeness (QED) is 0.585. The predicted molar refractivity (Wildman–Crippen MR) is 105 cm³/mol. The standard InChI is InChI=1S/C18H26N4O3S/c1-4-22(5-2)11-10-19-18-21-17(24)15(26-18)12-16(23)20-13-8-6-7-9-14(13)25-3/h6-9,15H,4-5,10-12H2,1-3H3,(H,20,23)(H,19,21,24)/p+1/t15-/m1/s1. The molecule has 0 unspecified atom stereocenters. The van der Waals surface area contributed by atoms with Gasteiger partial charge in [0.1, 0.15) is 11.0 Å². The molecule has 0 saturated carbocycles. The summed E-state index contributed by atoms with van der Waals surface area (Å²) in [7, 11) is 1.55. The molecular weight excluding hydrogens is 352 g/mol. The van der Waals surface area contributed by atoms with Crippen molar-refractivity contribution in [3.63, 3.8) is 0 Å². The van der Waals surface area contributed by atoms with Crippen LogP contribution in [-0.2, 0) is 9.59 Å². The molecule has 0 aromatic heterocycles. The first-order chi connectivity index (χ1) is 12.6. The van der Waals surface area contributed by atoms with Crippen molar-refractivity contribution in [1.29, 1.82) is 0 Å². The van der Waals surface area contributed by atoms with E-state index in [-0.39, 0.29) is 18.2 Å². The maximum Gasteiger partial charge on any atom is 0.240 e. The average molecular weight is 380 g/mol. The van der Waals surface area contributed by atoms with E-state index in [1.54, 1.807) is 19.2 Å². The zero-order valence-corrected chi connectivity index (χ0v) is 16.3. The summed E-state index contributed by atoms with van der Waals surface area (Å²) in [6.45, 7) is 8.02. The summed E-state index contributed by atoms with van der Waals surface area (Å²) < 4.78 is 5.22. The van der Waals surface area contributed by atoms with Crippen LogP contribution in [0.4, 0.5) is 5.69 Å². The van der Waals surface area contributed by atoms with Crippen LogP contribution in [0.25, 0.3) is 0 Å². The van der Waals surface area contributed by atoms with Gasteiger partial charge in [-0.2, -0.15) is 0 Å². The van der Waals surface area contributed by atoms with Crippen molar-refractivity contribution < 1.29 is 19.2 Å². The van der Waals surface area contributed by atoms with E-state index in [0.717, 1.165) is 19.6 Å². The molecule has 8 heteroatoms. The number of amides is 2. The van der Waals surface area contributed by atoms with Gasteiger partial charge in [0.2, 0.25) is 11.8 Å². The Morgan fingerprint density at radius 2 is 2.08 bits per heavy atom. The van der Waals surface area contributed by atoms with Gasteiger partial charge in [-0.1, -0.05) is 23.9 Å². The van der Waals surface area contributed by atoms with Crippen molar-refractivity contribution in [2.75, 3.05) is 38.6 Å². The molecular formula is C18H27N4O3S+. The van der Waals surface area contributed by atoms with Crippen molar-refractivity contribution in [2.45, 2.75) is 25.5 Å². The molecule has 0 bridgehead atoms. The zero-order valence-electron chi connectivity index (χ0n) is 15.5. The molecule has 2 rings (SSSR count). The topological polar surface area (TPSA) is 84.2 Å². The minimum Gasteiger partial charge on any atom is -0.495 e. The number of likely N-dealkylation sites (N-methyl/N-ethyl adjacent to an activating group) is 1. The second kappa shape index (κ2) is 10.2. The van der Waals surface area contributed by atoms with Crippen LogP contribution in [0.2, 0.25) is 0 Å². The van der Waals surface area contributed by atoms with Gasteiger partial charge in [0.25, 0.3) is 0 Å². The summed E-state index contributed by atoms with van der Waals surface area (Å²) in [6, 6.07) is 7.19. The molecule has 3 N–H and O–H groups in total. The summed E-state index contributed by atoms with van der Waals surface area (Å²) >= 11 is 1.32. The molecule has 1 saturated heterocycles. The highest BCUT2D eigenvalue weighted by molar-refractivity contribution is 8.15. The number of rotatable bonds is 9. The summed E-state index contributed by atoms with van der Waals surface area (Å²) in [4.78, 5) is 30.3. The van der Waals surface area contributed by atoms with E-state index in [4.69, 9.17) is 4.74 Å². The average Bonchev–Trinajstić information content (AvgIpc) is 2.98. The van der Waals surface area contributed by atoms with E-state index in [9.17, 15) is 9.59 Å². The van der Waals surface area contributed by atoms with Crippen molar-refractivity contribution >= 4 is 34.4 Å². The van der Waals surface area contributed by atoms with Crippen LogP contribution in [0.3, 0.4) is 0 Å². The molecule has 1 aliphatic rings. The minimum absolute atomic E-state index is 0.0921. The normalized spacial score (nSPS) is 18.2. The van der Waals surface area contributed by atoms with Crippen LogP contribution in [0.5, 0.6) is 5.75 Å². The molecule has 1 aliphatic heterocycles. The molecule has 1 fully saturated rings. The van der Waals surface area contributed by atoms with Crippen molar-refractivity contribution in [3.05, 3.63) is 24.3 Å². The Morgan fingerprint density at radius 1 is 1.35 bits per heavy atom. The molecule has 7 nitrogen and oxygen atoms in total. The van der Waals surface area contributed by atoms with Crippen LogP contribution in [0.15, 0.2) is 29.3 Å². The number of nitrogens with one attached hydrogen (secondary N) is 3. The number of amidine groups is 1. The molecule has 1 aromatic carbocycles. The van der Waals surface area contributed by atoms with E-state index >= 15 is 0 Å². The molecule has 0 spiro atoms. The number of nitrogens with zero attached hydrogens (tertiary/aromatic N) is 1. The van der Waals surface area contributed by atoms with Gasteiger partial charge in [0.05, 0.1) is 39.0 Å². The lowest BCUT2D eigenvalue weighted by molar-refractivity contribution is -0.894. The van der Waals surface area contributed by atoms with E-state index < -0.39 is 5.25 Å². The van der Waals surface area contributed by atoms with E-state index in [1.807, 2.05) is 12.1 Å². The highest BCUT2D eigenvalue weighted by Gasteiger charge is 2.32. The van der Waals surface area contributed by atoms with Crippen LogP contribution >= 0.6 is 11.8 Å². The van der Waals surface area contributed by atoms with Crippen molar-refractivity contribution in [3.8, 4) is 5.75 Å². The molecule has 1 aromatic rings. The fourth-order valence-corrected chi connectivity index (χ4v) is 3.65. The number of quaternary nitrogens is 1. The predicted octanol–water partition coefficient (Wildman–Crippen LogP) is 0.536. The maximum atomic E-state index is 12.3.